The Morgan fingerprint density at radius 2 is 2.20 bits per heavy atom. The molecule has 1 N–H and O–H groups in total. The third-order valence-corrected chi connectivity index (χ3v) is 5.50. The van der Waals surface area contributed by atoms with E-state index >= 15 is 0 Å². The summed E-state index contributed by atoms with van der Waals surface area (Å²) in [7, 11) is 0. The Kier molecular flexibility index (Phi) is 5.45. The quantitative estimate of drug-likeness (QED) is 0.817. The predicted octanol–water partition coefficient (Wildman–Crippen LogP) is 3.85. The summed E-state index contributed by atoms with van der Waals surface area (Å²) >= 11 is 1.77. The number of carbonyl (C=O) groups is 1. The Balaban J connectivity index is 1.54. The van der Waals surface area contributed by atoms with Crippen LogP contribution in [0.2, 0.25) is 0 Å². The molecule has 134 valence electrons. The van der Waals surface area contributed by atoms with Gasteiger partial charge in [-0.2, -0.15) is 0 Å². The van der Waals surface area contributed by atoms with E-state index in [1.54, 1.807) is 11.3 Å². The zero-order valence-electron chi connectivity index (χ0n) is 15.1. The van der Waals surface area contributed by atoms with E-state index in [2.05, 4.69) is 41.6 Å². The number of thiophene rings is 1. The van der Waals surface area contributed by atoms with Crippen LogP contribution >= 0.6 is 11.3 Å². The molecule has 1 fully saturated rings. The molecule has 4 nitrogen and oxygen atoms in total. The molecular formula is C20H26N2O2S. The second kappa shape index (κ2) is 7.58. The molecule has 1 aromatic heterocycles. The van der Waals surface area contributed by atoms with Crippen molar-refractivity contribution in [2.24, 2.45) is 5.41 Å². The monoisotopic (exact) mass is 358 g/mol. The van der Waals surface area contributed by atoms with Crippen molar-refractivity contribution in [2.75, 3.05) is 19.7 Å². The predicted molar refractivity (Wildman–Crippen MR) is 102 cm³/mol. The molecular weight excluding hydrogens is 332 g/mol. The van der Waals surface area contributed by atoms with Gasteiger partial charge in [-0.25, -0.2) is 0 Å². The van der Waals surface area contributed by atoms with Gasteiger partial charge in [-0.15, -0.1) is 11.3 Å². The lowest BCUT2D eigenvalue weighted by molar-refractivity contribution is -0.129. The molecule has 1 saturated heterocycles. The van der Waals surface area contributed by atoms with Crippen LogP contribution in [-0.2, 0) is 11.3 Å². The molecule has 0 unspecified atom stereocenters. The van der Waals surface area contributed by atoms with Crippen molar-refractivity contribution in [3.05, 3.63) is 52.2 Å². The van der Waals surface area contributed by atoms with Crippen LogP contribution in [-0.4, -0.2) is 30.5 Å². The molecule has 0 radical (unpaired) electrons. The van der Waals surface area contributed by atoms with Crippen LogP contribution in [0.4, 0.5) is 0 Å². The van der Waals surface area contributed by atoms with Gasteiger partial charge in [-0.3, -0.25) is 9.69 Å². The maximum atomic E-state index is 12.4. The summed E-state index contributed by atoms with van der Waals surface area (Å²) < 4.78 is 5.50. The second-order valence-corrected chi connectivity index (χ2v) is 8.15. The molecule has 0 aliphatic carbocycles. The third kappa shape index (κ3) is 4.22. The first-order valence-electron chi connectivity index (χ1n) is 8.75. The fourth-order valence-electron chi connectivity index (χ4n) is 3.60. The number of carbonyl (C=O) groups excluding carboxylic acids is 1. The number of nitrogens with zero attached hydrogens (tertiary/aromatic N) is 1. The minimum absolute atomic E-state index is 0.0684. The lowest BCUT2D eigenvalue weighted by atomic mass is 9.74. The summed E-state index contributed by atoms with van der Waals surface area (Å²) in [6.45, 7) is 9.06. The van der Waals surface area contributed by atoms with Crippen molar-refractivity contribution in [1.82, 2.24) is 10.2 Å². The average Bonchev–Trinajstić information content (AvgIpc) is 3.06. The van der Waals surface area contributed by atoms with Gasteiger partial charge in [-0.1, -0.05) is 32.0 Å². The van der Waals surface area contributed by atoms with Crippen molar-refractivity contribution >= 4 is 17.2 Å². The molecule has 2 aromatic rings. The van der Waals surface area contributed by atoms with E-state index in [-0.39, 0.29) is 11.3 Å². The number of likely N-dealkylation sites (tertiary alicyclic amines) is 1. The van der Waals surface area contributed by atoms with Gasteiger partial charge in [0.1, 0.15) is 5.75 Å². The standard InChI is InChI=1S/C20H26N2O2S/c1-4-24-16-8-5-7-15(11-16)12-21-18(23)13-22-14-20(2,3)19(22)17-9-6-10-25-17/h5-11,19H,4,12-14H2,1-3H3,(H,21,23)/t19-/m0/s1. The van der Waals surface area contributed by atoms with Gasteiger partial charge in [0.2, 0.25) is 5.91 Å². The van der Waals surface area contributed by atoms with Crippen LogP contribution in [0.3, 0.4) is 0 Å². The summed E-state index contributed by atoms with van der Waals surface area (Å²) in [4.78, 5) is 16.0. The molecule has 1 aliphatic heterocycles. The number of amides is 1. The first kappa shape index (κ1) is 18.0. The molecule has 1 aromatic carbocycles. The zero-order valence-corrected chi connectivity index (χ0v) is 15.9. The van der Waals surface area contributed by atoms with E-state index in [1.165, 1.54) is 4.88 Å². The molecule has 1 atom stereocenters. The molecule has 0 spiro atoms. The van der Waals surface area contributed by atoms with Crippen LogP contribution in [0.25, 0.3) is 0 Å². The molecule has 2 heterocycles. The normalized spacial score (nSPS) is 19.2. The maximum absolute atomic E-state index is 12.4. The molecule has 1 amide bonds. The fourth-order valence-corrected chi connectivity index (χ4v) is 4.66. The molecule has 0 bridgehead atoms. The first-order chi connectivity index (χ1) is 12.0. The Bertz CT molecular complexity index is 712. The van der Waals surface area contributed by atoms with E-state index in [4.69, 9.17) is 4.74 Å². The summed E-state index contributed by atoms with van der Waals surface area (Å²) in [6, 6.07) is 12.5. The number of nitrogens with one attached hydrogen (secondary N) is 1. The van der Waals surface area contributed by atoms with Crippen LogP contribution < -0.4 is 10.1 Å². The lowest BCUT2D eigenvalue weighted by Crippen LogP contribution is -2.57. The highest BCUT2D eigenvalue weighted by Gasteiger charge is 2.47. The van der Waals surface area contributed by atoms with Crippen LogP contribution in [0.1, 0.15) is 37.3 Å². The van der Waals surface area contributed by atoms with Crippen molar-refractivity contribution in [3.63, 3.8) is 0 Å². The maximum Gasteiger partial charge on any atom is 0.234 e. The van der Waals surface area contributed by atoms with Gasteiger partial charge in [0.25, 0.3) is 0 Å². The van der Waals surface area contributed by atoms with E-state index < -0.39 is 0 Å². The number of rotatable bonds is 7. The highest BCUT2D eigenvalue weighted by atomic mass is 32.1. The first-order valence-corrected chi connectivity index (χ1v) is 9.63. The number of hydrogen-bond acceptors (Lipinski definition) is 4. The molecule has 1 aliphatic rings. The van der Waals surface area contributed by atoms with Crippen molar-refractivity contribution < 1.29 is 9.53 Å². The summed E-state index contributed by atoms with van der Waals surface area (Å²) in [6.07, 6.45) is 0. The fraction of sp³-hybridized carbons (Fsp3) is 0.450. The van der Waals surface area contributed by atoms with Gasteiger partial charge in [0.05, 0.1) is 19.2 Å². The largest absolute Gasteiger partial charge is 0.494 e. The van der Waals surface area contributed by atoms with Crippen LogP contribution in [0, 0.1) is 5.41 Å². The van der Waals surface area contributed by atoms with Crippen molar-refractivity contribution in [1.29, 1.82) is 0 Å². The highest BCUT2D eigenvalue weighted by Crippen LogP contribution is 2.49. The van der Waals surface area contributed by atoms with E-state index in [0.717, 1.165) is 17.9 Å². The Morgan fingerprint density at radius 1 is 1.36 bits per heavy atom. The van der Waals surface area contributed by atoms with E-state index in [9.17, 15) is 4.79 Å². The van der Waals surface area contributed by atoms with Gasteiger partial charge < -0.3 is 10.1 Å². The van der Waals surface area contributed by atoms with Gasteiger partial charge in [0.15, 0.2) is 0 Å². The molecule has 5 heteroatoms. The summed E-state index contributed by atoms with van der Waals surface area (Å²) in [5, 5.41) is 5.13. The van der Waals surface area contributed by atoms with E-state index in [1.807, 2.05) is 31.2 Å². The highest BCUT2D eigenvalue weighted by molar-refractivity contribution is 7.10. The van der Waals surface area contributed by atoms with Gasteiger partial charge >= 0.3 is 0 Å². The van der Waals surface area contributed by atoms with Crippen LogP contribution in [0.15, 0.2) is 41.8 Å². The number of ether oxygens (including phenoxy) is 1. The van der Waals surface area contributed by atoms with Gasteiger partial charge in [0, 0.05) is 18.0 Å². The van der Waals surface area contributed by atoms with Crippen molar-refractivity contribution in [2.45, 2.75) is 33.4 Å². The topological polar surface area (TPSA) is 41.6 Å². The molecule has 0 saturated carbocycles. The van der Waals surface area contributed by atoms with E-state index in [0.29, 0.717) is 25.7 Å². The number of hydrogen-bond donors (Lipinski definition) is 1. The summed E-state index contributed by atoms with van der Waals surface area (Å²) in [5.41, 5.74) is 1.27. The Morgan fingerprint density at radius 3 is 2.88 bits per heavy atom. The van der Waals surface area contributed by atoms with Crippen molar-refractivity contribution in [3.8, 4) is 5.75 Å². The Hall–Kier alpha value is -1.85. The molecule has 25 heavy (non-hydrogen) atoms. The zero-order chi connectivity index (χ0) is 17.9. The van der Waals surface area contributed by atoms with Gasteiger partial charge in [-0.05, 0) is 41.5 Å². The third-order valence-electron chi connectivity index (χ3n) is 4.57. The number of benzene rings is 1. The second-order valence-electron chi connectivity index (χ2n) is 7.17. The molecule has 3 rings (SSSR count). The minimum Gasteiger partial charge on any atom is -0.494 e. The van der Waals surface area contributed by atoms with Crippen LogP contribution in [0.5, 0.6) is 5.75 Å². The average molecular weight is 359 g/mol. The SMILES string of the molecule is CCOc1cccc(CNC(=O)CN2CC(C)(C)[C@@H]2c2cccs2)c1. The smallest absolute Gasteiger partial charge is 0.234 e. The minimum atomic E-state index is 0.0684. The lowest BCUT2D eigenvalue weighted by Gasteiger charge is -2.53. The Labute approximate surface area is 153 Å². The summed E-state index contributed by atoms with van der Waals surface area (Å²) in [5.74, 6) is 0.912.